The van der Waals surface area contributed by atoms with E-state index in [1.54, 1.807) is 0 Å². The summed E-state index contributed by atoms with van der Waals surface area (Å²) in [7, 11) is 0. The third-order valence-corrected chi connectivity index (χ3v) is 3.39. The number of carbonyl (C=O) groups excluding carboxylic acids is 1. The molecule has 0 saturated heterocycles. The number of rotatable bonds is 8. The number of hydrogen-bond donors (Lipinski definition) is 2. The van der Waals surface area contributed by atoms with Gasteiger partial charge in [0.05, 0.1) is 0 Å². The molecule has 0 saturated carbocycles. The molecule has 1 rings (SSSR count). The van der Waals surface area contributed by atoms with Crippen LogP contribution in [0.4, 0.5) is 5.82 Å². The number of nitrogens with one attached hydrogen (secondary N) is 2. The molecule has 0 aromatic carbocycles. The van der Waals surface area contributed by atoms with Crippen LogP contribution in [0.3, 0.4) is 0 Å². The molecule has 0 spiro atoms. The van der Waals surface area contributed by atoms with Crippen molar-refractivity contribution in [1.29, 1.82) is 0 Å². The quantitative estimate of drug-likeness (QED) is 0.766. The van der Waals surface area contributed by atoms with E-state index in [4.69, 9.17) is 0 Å². The predicted molar refractivity (Wildman–Crippen MR) is 88.8 cm³/mol. The van der Waals surface area contributed by atoms with Crippen LogP contribution < -0.4 is 10.6 Å². The van der Waals surface area contributed by atoms with E-state index in [0.717, 1.165) is 43.7 Å². The summed E-state index contributed by atoms with van der Waals surface area (Å²) in [6.45, 7) is 11.3. The Kier molecular flexibility index (Phi) is 6.66. The Labute approximate surface area is 128 Å². The zero-order chi connectivity index (χ0) is 15.9. The molecule has 2 N–H and O–H groups in total. The SMILES string of the molecule is CCCNc1cc(C(=O)NC(C)(C)CCC)cc(CC)n1. The number of anilines is 1. The largest absolute Gasteiger partial charge is 0.370 e. The molecule has 4 nitrogen and oxygen atoms in total. The minimum absolute atomic E-state index is 0.0231. The first-order valence-electron chi connectivity index (χ1n) is 7.99. The van der Waals surface area contributed by atoms with Crippen LogP contribution in [-0.4, -0.2) is 23.0 Å². The highest BCUT2D eigenvalue weighted by atomic mass is 16.1. The maximum atomic E-state index is 12.5. The van der Waals surface area contributed by atoms with E-state index < -0.39 is 0 Å². The van der Waals surface area contributed by atoms with Crippen molar-refractivity contribution in [3.63, 3.8) is 0 Å². The second kappa shape index (κ2) is 8.01. The second-order valence-corrected chi connectivity index (χ2v) is 6.10. The first-order valence-corrected chi connectivity index (χ1v) is 7.99. The first kappa shape index (κ1) is 17.5. The lowest BCUT2D eigenvalue weighted by molar-refractivity contribution is 0.0909. The minimum Gasteiger partial charge on any atom is -0.370 e. The van der Waals surface area contributed by atoms with Gasteiger partial charge in [-0.2, -0.15) is 0 Å². The summed E-state index contributed by atoms with van der Waals surface area (Å²) in [4.78, 5) is 17.0. The summed E-state index contributed by atoms with van der Waals surface area (Å²) in [5, 5.41) is 6.37. The fourth-order valence-corrected chi connectivity index (χ4v) is 2.31. The lowest BCUT2D eigenvalue weighted by atomic mass is 9.98. The van der Waals surface area contributed by atoms with Gasteiger partial charge in [0.25, 0.3) is 5.91 Å². The summed E-state index contributed by atoms with van der Waals surface area (Å²) in [6.07, 6.45) is 3.86. The smallest absolute Gasteiger partial charge is 0.251 e. The van der Waals surface area contributed by atoms with Crippen molar-refractivity contribution < 1.29 is 4.79 Å². The highest BCUT2D eigenvalue weighted by molar-refractivity contribution is 5.95. The summed E-state index contributed by atoms with van der Waals surface area (Å²) in [5.41, 5.74) is 1.44. The van der Waals surface area contributed by atoms with Gasteiger partial charge in [-0.15, -0.1) is 0 Å². The molecule has 0 unspecified atom stereocenters. The molecule has 4 heteroatoms. The Morgan fingerprint density at radius 1 is 1.19 bits per heavy atom. The van der Waals surface area contributed by atoms with Crippen molar-refractivity contribution in [2.45, 2.75) is 65.8 Å². The molecule has 118 valence electrons. The Bertz CT molecular complexity index is 469. The number of amides is 1. The lowest BCUT2D eigenvalue weighted by Crippen LogP contribution is -2.43. The van der Waals surface area contributed by atoms with Gasteiger partial charge in [0.2, 0.25) is 0 Å². The summed E-state index contributed by atoms with van der Waals surface area (Å²) < 4.78 is 0. The molecule has 1 heterocycles. The Morgan fingerprint density at radius 3 is 2.48 bits per heavy atom. The van der Waals surface area contributed by atoms with Gasteiger partial charge in [-0.1, -0.05) is 27.2 Å². The van der Waals surface area contributed by atoms with Crippen molar-refractivity contribution >= 4 is 11.7 Å². The van der Waals surface area contributed by atoms with E-state index in [0.29, 0.717) is 5.56 Å². The predicted octanol–water partition coefficient (Wildman–Crippen LogP) is 3.77. The van der Waals surface area contributed by atoms with E-state index in [9.17, 15) is 4.79 Å². The summed E-state index contributed by atoms with van der Waals surface area (Å²) in [6, 6.07) is 3.72. The zero-order valence-corrected chi connectivity index (χ0v) is 14.0. The van der Waals surface area contributed by atoms with E-state index in [-0.39, 0.29) is 11.4 Å². The normalized spacial score (nSPS) is 11.3. The van der Waals surface area contributed by atoms with Gasteiger partial charge in [0.1, 0.15) is 5.82 Å². The average Bonchev–Trinajstić information content (AvgIpc) is 2.44. The number of carbonyl (C=O) groups is 1. The van der Waals surface area contributed by atoms with E-state index >= 15 is 0 Å². The molecule has 0 aliphatic rings. The van der Waals surface area contributed by atoms with Crippen molar-refractivity contribution in [2.24, 2.45) is 0 Å². The van der Waals surface area contributed by atoms with Crippen molar-refractivity contribution in [3.8, 4) is 0 Å². The number of nitrogens with zero attached hydrogens (tertiary/aromatic N) is 1. The number of aromatic nitrogens is 1. The first-order chi connectivity index (χ1) is 9.91. The van der Waals surface area contributed by atoms with Crippen LogP contribution in [-0.2, 0) is 6.42 Å². The van der Waals surface area contributed by atoms with Crippen molar-refractivity contribution in [1.82, 2.24) is 10.3 Å². The molecule has 0 aliphatic heterocycles. The molecule has 1 amide bonds. The van der Waals surface area contributed by atoms with Crippen LogP contribution in [0.5, 0.6) is 0 Å². The molecular formula is C17H29N3O. The van der Waals surface area contributed by atoms with Gasteiger partial charge >= 0.3 is 0 Å². The molecule has 0 atom stereocenters. The van der Waals surface area contributed by atoms with Crippen molar-refractivity contribution in [2.75, 3.05) is 11.9 Å². The maximum Gasteiger partial charge on any atom is 0.251 e. The van der Waals surface area contributed by atoms with Gasteiger partial charge in [0, 0.05) is 23.3 Å². The van der Waals surface area contributed by atoms with Crippen molar-refractivity contribution in [3.05, 3.63) is 23.4 Å². The third kappa shape index (κ3) is 5.74. The highest BCUT2D eigenvalue weighted by Gasteiger charge is 2.20. The molecule has 21 heavy (non-hydrogen) atoms. The Hall–Kier alpha value is -1.58. The van der Waals surface area contributed by atoms with E-state index in [1.165, 1.54) is 0 Å². The molecule has 0 fully saturated rings. The molecular weight excluding hydrogens is 262 g/mol. The Morgan fingerprint density at radius 2 is 1.90 bits per heavy atom. The Balaban J connectivity index is 2.92. The second-order valence-electron chi connectivity index (χ2n) is 6.10. The standard InChI is InChI=1S/C17H29N3O/c1-6-9-17(4,5)20-16(21)13-11-14(8-3)19-15(12-13)18-10-7-2/h11-12H,6-10H2,1-5H3,(H,18,19)(H,20,21). The van der Waals surface area contributed by atoms with Gasteiger partial charge in [-0.25, -0.2) is 4.98 Å². The maximum absolute atomic E-state index is 12.5. The molecule has 0 radical (unpaired) electrons. The van der Waals surface area contributed by atoms with E-state index in [1.807, 2.05) is 12.1 Å². The number of aryl methyl sites for hydroxylation is 1. The molecule has 0 bridgehead atoms. The van der Waals surface area contributed by atoms with Gasteiger partial charge in [-0.05, 0) is 45.2 Å². The molecule has 1 aromatic rings. The lowest BCUT2D eigenvalue weighted by Gasteiger charge is -2.26. The van der Waals surface area contributed by atoms with Crippen LogP contribution in [0.15, 0.2) is 12.1 Å². The average molecular weight is 291 g/mol. The minimum atomic E-state index is -0.182. The number of pyridine rings is 1. The van der Waals surface area contributed by atoms with Gasteiger partial charge < -0.3 is 10.6 Å². The van der Waals surface area contributed by atoms with Crippen LogP contribution in [0, 0.1) is 0 Å². The third-order valence-electron chi connectivity index (χ3n) is 3.39. The molecule has 0 aliphatic carbocycles. The van der Waals surface area contributed by atoms with Gasteiger partial charge in [-0.3, -0.25) is 4.79 Å². The van der Waals surface area contributed by atoms with Crippen LogP contribution in [0.25, 0.3) is 0 Å². The van der Waals surface area contributed by atoms with Crippen LogP contribution in [0.1, 0.15) is 69.9 Å². The zero-order valence-electron chi connectivity index (χ0n) is 14.0. The summed E-state index contributed by atoms with van der Waals surface area (Å²) >= 11 is 0. The monoisotopic (exact) mass is 291 g/mol. The van der Waals surface area contributed by atoms with Crippen LogP contribution >= 0.6 is 0 Å². The number of hydrogen-bond acceptors (Lipinski definition) is 3. The summed E-state index contributed by atoms with van der Waals surface area (Å²) in [5.74, 6) is 0.764. The van der Waals surface area contributed by atoms with Gasteiger partial charge in [0.15, 0.2) is 0 Å². The van der Waals surface area contributed by atoms with Crippen LogP contribution in [0.2, 0.25) is 0 Å². The highest BCUT2D eigenvalue weighted by Crippen LogP contribution is 2.15. The topological polar surface area (TPSA) is 54.0 Å². The fourth-order valence-electron chi connectivity index (χ4n) is 2.31. The fraction of sp³-hybridized carbons (Fsp3) is 0.647. The van der Waals surface area contributed by atoms with E-state index in [2.05, 4.69) is 50.2 Å². The molecule has 1 aromatic heterocycles.